The molecule has 5 nitrogen and oxygen atoms in total. The third kappa shape index (κ3) is 4.43. The highest BCUT2D eigenvalue weighted by Crippen LogP contribution is 2.30. The number of morpholine rings is 1. The van der Waals surface area contributed by atoms with E-state index in [-0.39, 0.29) is 12.1 Å². The number of hydrogen-bond donors (Lipinski definition) is 1. The molecule has 2 amide bonds. The smallest absolute Gasteiger partial charge is 0.321 e. The van der Waals surface area contributed by atoms with Crippen LogP contribution in [-0.2, 0) is 4.74 Å². The molecule has 1 aliphatic heterocycles. The number of ether oxygens (including phenoxy) is 1. The van der Waals surface area contributed by atoms with Crippen LogP contribution in [0.25, 0.3) is 0 Å². The van der Waals surface area contributed by atoms with E-state index in [2.05, 4.69) is 17.3 Å². The first-order chi connectivity index (χ1) is 10.2. The van der Waals surface area contributed by atoms with Crippen molar-refractivity contribution in [2.75, 3.05) is 45.2 Å². The largest absolute Gasteiger partial charge is 0.374 e. The Morgan fingerprint density at radius 2 is 2.38 bits per heavy atom. The second-order valence-corrected chi connectivity index (χ2v) is 6.83. The quantitative estimate of drug-likeness (QED) is 0.908. The highest BCUT2D eigenvalue weighted by atomic mass is 32.1. The molecule has 1 aromatic heterocycles. The maximum Gasteiger partial charge on any atom is 0.321 e. The number of hydrogen-bond acceptors (Lipinski definition) is 4. The molecule has 2 heterocycles. The van der Waals surface area contributed by atoms with Crippen LogP contribution >= 0.6 is 11.3 Å². The number of thiophene rings is 1. The molecule has 2 aliphatic rings. The predicted molar refractivity (Wildman–Crippen MR) is 84.9 cm³/mol. The Morgan fingerprint density at radius 3 is 3.05 bits per heavy atom. The van der Waals surface area contributed by atoms with Gasteiger partial charge in [-0.2, -0.15) is 11.3 Å². The molecule has 1 atom stereocenters. The average Bonchev–Trinajstić information content (AvgIpc) is 3.13. The minimum atomic E-state index is -0.00266. The number of amides is 2. The van der Waals surface area contributed by atoms with E-state index in [0.29, 0.717) is 12.5 Å². The molecule has 0 radical (unpaired) electrons. The molecule has 2 fully saturated rings. The highest BCUT2D eigenvalue weighted by Gasteiger charge is 2.29. The van der Waals surface area contributed by atoms with Crippen LogP contribution in [0.5, 0.6) is 0 Å². The van der Waals surface area contributed by atoms with Gasteiger partial charge in [0.05, 0.1) is 18.4 Å². The molecule has 0 spiro atoms. The number of carbonyl (C=O) groups is 1. The number of anilines is 1. The zero-order valence-electron chi connectivity index (χ0n) is 12.5. The zero-order valence-corrected chi connectivity index (χ0v) is 13.3. The Labute approximate surface area is 129 Å². The van der Waals surface area contributed by atoms with Crippen LogP contribution in [0.3, 0.4) is 0 Å². The molecule has 1 saturated carbocycles. The molecular weight excluding hydrogens is 286 g/mol. The number of rotatable bonds is 5. The molecule has 3 rings (SSSR count). The first kappa shape index (κ1) is 14.8. The summed E-state index contributed by atoms with van der Waals surface area (Å²) in [4.78, 5) is 16.7. The summed E-state index contributed by atoms with van der Waals surface area (Å²) in [6, 6.07) is 1.93. The van der Waals surface area contributed by atoms with Gasteiger partial charge in [-0.05, 0) is 37.3 Å². The number of carbonyl (C=O) groups excluding carboxylic acids is 1. The predicted octanol–water partition coefficient (Wildman–Crippen LogP) is 2.32. The molecule has 6 heteroatoms. The number of nitrogens with zero attached hydrogens (tertiary/aromatic N) is 2. The molecular formula is C15H23N3O2S. The van der Waals surface area contributed by atoms with Crippen molar-refractivity contribution in [3.8, 4) is 0 Å². The van der Waals surface area contributed by atoms with Crippen LogP contribution in [0, 0.1) is 5.92 Å². The Hall–Kier alpha value is -1.11. The Kier molecular flexibility index (Phi) is 4.77. The van der Waals surface area contributed by atoms with Gasteiger partial charge in [-0.15, -0.1) is 0 Å². The van der Waals surface area contributed by atoms with Gasteiger partial charge in [0, 0.05) is 31.6 Å². The lowest BCUT2D eigenvalue weighted by atomic mass is 10.2. The lowest BCUT2D eigenvalue weighted by molar-refractivity contribution is -0.0302. The van der Waals surface area contributed by atoms with Crippen LogP contribution in [-0.4, -0.2) is 61.8 Å². The average molecular weight is 309 g/mol. The van der Waals surface area contributed by atoms with Gasteiger partial charge in [-0.25, -0.2) is 4.79 Å². The monoisotopic (exact) mass is 309 g/mol. The Morgan fingerprint density at radius 1 is 1.52 bits per heavy atom. The summed E-state index contributed by atoms with van der Waals surface area (Å²) in [6.07, 6.45) is 2.61. The number of likely N-dealkylation sites (N-methyl/N-ethyl adjacent to an activating group) is 1. The molecule has 1 aromatic rings. The van der Waals surface area contributed by atoms with Crippen molar-refractivity contribution < 1.29 is 9.53 Å². The number of nitrogens with one attached hydrogen (secondary N) is 1. The van der Waals surface area contributed by atoms with E-state index in [1.54, 1.807) is 11.3 Å². The molecule has 0 bridgehead atoms. The second-order valence-electron chi connectivity index (χ2n) is 6.05. The topological polar surface area (TPSA) is 44.8 Å². The van der Waals surface area contributed by atoms with Crippen molar-refractivity contribution in [2.24, 2.45) is 5.92 Å². The minimum absolute atomic E-state index is 0.00266. The summed E-state index contributed by atoms with van der Waals surface area (Å²) in [5, 5.41) is 6.91. The summed E-state index contributed by atoms with van der Waals surface area (Å²) >= 11 is 1.59. The van der Waals surface area contributed by atoms with Crippen molar-refractivity contribution in [2.45, 2.75) is 18.9 Å². The van der Waals surface area contributed by atoms with E-state index < -0.39 is 0 Å². The SMILES string of the molecule is CN1CCOC(CN(CC2CC2)C(=O)Nc2ccsc2)C1. The summed E-state index contributed by atoms with van der Waals surface area (Å²) in [5.74, 6) is 0.680. The highest BCUT2D eigenvalue weighted by molar-refractivity contribution is 7.08. The molecule has 1 saturated heterocycles. The molecule has 116 valence electrons. The first-order valence-electron chi connectivity index (χ1n) is 7.59. The van der Waals surface area contributed by atoms with Gasteiger partial charge in [0.2, 0.25) is 0 Å². The molecule has 0 aromatic carbocycles. The fourth-order valence-corrected chi connectivity index (χ4v) is 3.20. The Bertz CT molecular complexity index is 461. The lowest BCUT2D eigenvalue weighted by Crippen LogP contribution is -2.49. The van der Waals surface area contributed by atoms with E-state index >= 15 is 0 Å². The van der Waals surface area contributed by atoms with Gasteiger partial charge >= 0.3 is 6.03 Å². The van der Waals surface area contributed by atoms with Crippen LogP contribution in [0.15, 0.2) is 16.8 Å². The third-order valence-electron chi connectivity index (χ3n) is 4.00. The van der Waals surface area contributed by atoms with Crippen molar-refractivity contribution in [3.63, 3.8) is 0 Å². The summed E-state index contributed by atoms with van der Waals surface area (Å²) in [6.45, 7) is 4.15. The normalized spacial score (nSPS) is 23.0. The van der Waals surface area contributed by atoms with E-state index in [0.717, 1.165) is 31.9 Å². The van der Waals surface area contributed by atoms with Crippen LogP contribution < -0.4 is 5.32 Å². The maximum absolute atomic E-state index is 12.5. The molecule has 21 heavy (non-hydrogen) atoms. The van der Waals surface area contributed by atoms with E-state index in [4.69, 9.17) is 4.74 Å². The number of urea groups is 1. The second kappa shape index (κ2) is 6.77. The van der Waals surface area contributed by atoms with Gasteiger partial charge in [-0.3, -0.25) is 0 Å². The zero-order chi connectivity index (χ0) is 14.7. The van der Waals surface area contributed by atoms with Crippen LogP contribution in [0.2, 0.25) is 0 Å². The fourth-order valence-electron chi connectivity index (χ4n) is 2.61. The van der Waals surface area contributed by atoms with Gasteiger partial charge in [0.15, 0.2) is 0 Å². The fraction of sp³-hybridized carbons (Fsp3) is 0.667. The van der Waals surface area contributed by atoms with Crippen LogP contribution in [0.4, 0.5) is 10.5 Å². The van der Waals surface area contributed by atoms with Crippen molar-refractivity contribution in [1.29, 1.82) is 0 Å². The standard InChI is InChI=1S/C15H23N3O2S/c1-17-5-6-20-14(9-17)10-18(8-12-2-3-12)15(19)16-13-4-7-21-11-13/h4,7,11-12,14H,2-3,5-6,8-10H2,1H3,(H,16,19). The molecule has 1 N–H and O–H groups in total. The van der Waals surface area contributed by atoms with Gasteiger partial charge in [0.1, 0.15) is 0 Å². The summed E-state index contributed by atoms with van der Waals surface area (Å²) in [5.41, 5.74) is 0.882. The van der Waals surface area contributed by atoms with Gasteiger partial charge in [0.25, 0.3) is 0 Å². The maximum atomic E-state index is 12.5. The lowest BCUT2D eigenvalue weighted by Gasteiger charge is -2.34. The van der Waals surface area contributed by atoms with Crippen molar-refractivity contribution in [1.82, 2.24) is 9.80 Å². The summed E-state index contributed by atoms with van der Waals surface area (Å²) in [7, 11) is 2.10. The minimum Gasteiger partial charge on any atom is -0.374 e. The third-order valence-corrected chi connectivity index (χ3v) is 4.68. The van der Waals surface area contributed by atoms with E-state index in [9.17, 15) is 4.79 Å². The van der Waals surface area contributed by atoms with Crippen molar-refractivity contribution >= 4 is 23.1 Å². The van der Waals surface area contributed by atoms with E-state index in [1.807, 2.05) is 21.7 Å². The Balaban J connectivity index is 1.58. The van der Waals surface area contributed by atoms with Crippen LogP contribution in [0.1, 0.15) is 12.8 Å². The van der Waals surface area contributed by atoms with E-state index in [1.165, 1.54) is 12.8 Å². The molecule has 1 aliphatic carbocycles. The summed E-state index contributed by atoms with van der Waals surface area (Å²) < 4.78 is 5.80. The van der Waals surface area contributed by atoms with Gasteiger partial charge in [-0.1, -0.05) is 0 Å². The van der Waals surface area contributed by atoms with Gasteiger partial charge < -0.3 is 19.9 Å². The van der Waals surface area contributed by atoms with Crippen molar-refractivity contribution in [3.05, 3.63) is 16.8 Å². The first-order valence-corrected chi connectivity index (χ1v) is 8.53. The molecule has 1 unspecified atom stereocenters.